The first-order valence-electron chi connectivity index (χ1n) is 9.60. The number of nitrogens with zero attached hydrogens (tertiary/aromatic N) is 3. The summed E-state index contributed by atoms with van der Waals surface area (Å²) in [7, 11) is 1.88. The van der Waals surface area contributed by atoms with E-state index in [-0.39, 0.29) is 36.3 Å². The van der Waals surface area contributed by atoms with Gasteiger partial charge in [0.25, 0.3) is 17.7 Å². The Hall–Kier alpha value is -2.25. The van der Waals surface area contributed by atoms with Gasteiger partial charge in [0.2, 0.25) is 0 Å². The second-order valence-corrected chi connectivity index (χ2v) is 7.44. The van der Waals surface area contributed by atoms with Gasteiger partial charge in [0.05, 0.1) is 11.1 Å². The number of hydrogen-bond donors (Lipinski definition) is 1. The van der Waals surface area contributed by atoms with Crippen LogP contribution in [0.25, 0.3) is 11.5 Å². The SMILES string of the molecule is CNC(C)Cc1noc(-c2ccc3c(c2)C(=O)N(C2CCCCC2)C3=O)n1.Cl. The number of carbonyl (C=O) groups is 2. The Labute approximate surface area is 170 Å². The Bertz CT molecular complexity index is 876. The van der Waals surface area contributed by atoms with Gasteiger partial charge in [-0.1, -0.05) is 24.4 Å². The van der Waals surface area contributed by atoms with Gasteiger partial charge in [-0.2, -0.15) is 4.98 Å². The molecule has 1 fully saturated rings. The van der Waals surface area contributed by atoms with Crippen molar-refractivity contribution >= 4 is 24.2 Å². The minimum absolute atomic E-state index is 0. The molecule has 2 amide bonds. The molecule has 0 radical (unpaired) electrons. The van der Waals surface area contributed by atoms with Crippen LogP contribution in [-0.2, 0) is 6.42 Å². The predicted octanol–water partition coefficient (Wildman–Crippen LogP) is 3.24. The van der Waals surface area contributed by atoms with Gasteiger partial charge >= 0.3 is 0 Å². The van der Waals surface area contributed by atoms with Crippen LogP contribution in [0.4, 0.5) is 0 Å². The van der Waals surface area contributed by atoms with Crippen molar-refractivity contribution in [3.05, 3.63) is 35.2 Å². The first-order valence-corrected chi connectivity index (χ1v) is 9.60. The van der Waals surface area contributed by atoms with Gasteiger partial charge in [0.15, 0.2) is 5.82 Å². The lowest BCUT2D eigenvalue weighted by molar-refractivity contribution is 0.0549. The molecule has 28 heavy (non-hydrogen) atoms. The Morgan fingerprint density at radius 2 is 1.89 bits per heavy atom. The Morgan fingerprint density at radius 3 is 2.61 bits per heavy atom. The summed E-state index contributed by atoms with van der Waals surface area (Å²) in [5, 5.41) is 7.14. The smallest absolute Gasteiger partial charge is 0.261 e. The van der Waals surface area contributed by atoms with Crippen molar-refractivity contribution in [3.63, 3.8) is 0 Å². The van der Waals surface area contributed by atoms with Gasteiger partial charge in [-0.15, -0.1) is 12.4 Å². The van der Waals surface area contributed by atoms with E-state index in [1.54, 1.807) is 18.2 Å². The lowest BCUT2D eigenvalue weighted by Gasteiger charge is -2.29. The van der Waals surface area contributed by atoms with Gasteiger partial charge in [-0.25, -0.2) is 0 Å². The standard InChI is InChI=1S/C20H24N4O3.ClH/c1-12(21-2)10-17-22-18(27-23-17)13-8-9-15-16(11-13)20(26)24(19(15)25)14-6-4-3-5-7-14;/h8-9,11-12,14,21H,3-7,10H2,1-2H3;1H. The maximum absolute atomic E-state index is 12.9. The molecule has 2 heterocycles. The number of imide groups is 1. The van der Waals surface area contributed by atoms with Crippen molar-refractivity contribution in [1.82, 2.24) is 20.4 Å². The van der Waals surface area contributed by atoms with Gasteiger partial charge < -0.3 is 9.84 Å². The number of aromatic nitrogens is 2. The van der Waals surface area contributed by atoms with Crippen molar-refractivity contribution in [2.24, 2.45) is 0 Å². The van der Waals surface area contributed by atoms with E-state index < -0.39 is 0 Å². The van der Waals surface area contributed by atoms with Gasteiger partial charge in [-0.3, -0.25) is 14.5 Å². The average Bonchev–Trinajstić information content (AvgIpc) is 3.25. The fourth-order valence-electron chi connectivity index (χ4n) is 3.89. The molecule has 1 aliphatic heterocycles. The molecular formula is C20H25ClN4O3. The van der Waals surface area contributed by atoms with E-state index in [4.69, 9.17) is 4.52 Å². The molecule has 2 aliphatic rings. The quantitative estimate of drug-likeness (QED) is 0.769. The number of amides is 2. The zero-order valence-corrected chi connectivity index (χ0v) is 16.9. The van der Waals surface area contributed by atoms with Crippen LogP contribution in [0.1, 0.15) is 65.6 Å². The van der Waals surface area contributed by atoms with Crippen LogP contribution < -0.4 is 5.32 Å². The summed E-state index contributed by atoms with van der Waals surface area (Å²) in [5.41, 5.74) is 1.57. The number of hydrogen-bond acceptors (Lipinski definition) is 6. The number of likely N-dealkylation sites (N-methyl/N-ethyl adjacent to an activating group) is 1. The summed E-state index contributed by atoms with van der Waals surface area (Å²) in [4.78, 5) is 31.5. The summed E-state index contributed by atoms with van der Waals surface area (Å²) in [6.45, 7) is 2.04. The zero-order chi connectivity index (χ0) is 19.0. The van der Waals surface area contributed by atoms with Crippen LogP contribution in [0, 0.1) is 0 Å². The van der Waals surface area contributed by atoms with Crippen molar-refractivity contribution in [1.29, 1.82) is 0 Å². The van der Waals surface area contributed by atoms with Crippen LogP contribution in [0.5, 0.6) is 0 Å². The molecule has 8 heteroatoms. The maximum atomic E-state index is 12.9. The minimum Gasteiger partial charge on any atom is -0.334 e. The highest BCUT2D eigenvalue weighted by Crippen LogP contribution is 2.33. The lowest BCUT2D eigenvalue weighted by Crippen LogP contribution is -2.40. The molecular weight excluding hydrogens is 380 g/mol. The normalized spacial score (nSPS) is 18.1. The summed E-state index contributed by atoms with van der Waals surface area (Å²) in [6.07, 6.45) is 5.76. The van der Waals surface area contributed by atoms with E-state index in [2.05, 4.69) is 15.5 Å². The lowest BCUT2D eigenvalue weighted by atomic mass is 9.94. The summed E-state index contributed by atoms with van der Waals surface area (Å²) < 4.78 is 5.36. The largest absolute Gasteiger partial charge is 0.334 e. The van der Waals surface area contributed by atoms with Gasteiger partial charge in [0.1, 0.15) is 0 Å². The van der Waals surface area contributed by atoms with Crippen LogP contribution in [-0.4, -0.2) is 46.0 Å². The summed E-state index contributed by atoms with van der Waals surface area (Å²) >= 11 is 0. The third kappa shape index (κ3) is 3.69. The van der Waals surface area contributed by atoms with E-state index in [0.29, 0.717) is 34.8 Å². The van der Waals surface area contributed by atoms with E-state index in [9.17, 15) is 9.59 Å². The van der Waals surface area contributed by atoms with Crippen LogP contribution in [0.3, 0.4) is 0 Å². The molecule has 1 aliphatic carbocycles. The third-order valence-electron chi connectivity index (χ3n) is 5.55. The Balaban J connectivity index is 0.00000225. The second kappa shape index (κ2) is 8.41. The van der Waals surface area contributed by atoms with Gasteiger partial charge in [0, 0.05) is 24.1 Å². The maximum Gasteiger partial charge on any atom is 0.261 e. The van der Waals surface area contributed by atoms with E-state index in [1.807, 2.05) is 14.0 Å². The Kier molecular flexibility index (Phi) is 6.15. The fraction of sp³-hybridized carbons (Fsp3) is 0.500. The molecule has 1 aromatic heterocycles. The highest BCUT2D eigenvalue weighted by molar-refractivity contribution is 6.22. The molecule has 4 rings (SSSR count). The average molecular weight is 405 g/mol. The Morgan fingerprint density at radius 1 is 1.18 bits per heavy atom. The molecule has 1 unspecified atom stereocenters. The number of carbonyl (C=O) groups excluding carboxylic acids is 2. The van der Waals surface area contributed by atoms with Crippen LogP contribution in [0.2, 0.25) is 0 Å². The molecule has 1 saturated carbocycles. The molecule has 1 N–H and O–H groups in total. The van der Waals surface area contributed by atoms with E-state index >= 15 is 0 Å². The molecule has 0 bridgehead atoms. The summed E-state index contributed by atoms with van der Waals surface area (Å²) in [5.74, 6) is 0.598. The molecule has 150 valence electrons. The minimum atomic E-state index is -0.202. The number of fused-ring (bicyclic) bond motifs is 1. The second-order valence-electron chi connectivity index (χ2n) is 7.44. The molecule has 7 nitrogen and oxygen atoms in total. The molecule has 2 aromatic rings. The predicted molar refractivity (Wildman–Crippen MR) is 107 cm³/mol. The molecule has 1 atom stereocenters. The first kappa shape index (κ1) is 20.5. The zero-order valence-electron chi connectivity index (χ0n) is 16.1. The van der Waals surface area contributed by atoms with Crippen LogP contribution >= 0.6 is 12.4 Å². The van der Waals surface area contributed by atoms with E-state index in [1.165, 1.54) is 11.3 Å². The third-order valence-corrected chi connectivity index (χ3v) is 5.55. The van der Waals surface area contributed by atoms with E-state index in [0.717, 1.165) is 25.7 Å². The van der Waals surface area contributed by atoms with Crippen LogP contribution in [0.15, 0.2) is 22.7 Å². The van der Waals surface area contributed by atoms with Crippen molar-refractivity contribution < 1.29 is 14.1 Å². The van der Waals surface area contributed by atoms with Crippen molar-refractivity contribution in [3.8, 4) is 11.5 Å². The number of rotatable bonds is 5. The first-order chi connectivity index (χ1) is 13.1. The molecule has 0 spiro atoms. The summed E-state index contributed by atoms with van der Waals surface area (Å²) in [6, 6.07) is 5.43. The fourth-order valence-corrected chi connectivity index (χ4v) is 3.89. The topological polar surface area (TPSA) is 88.3 Å². The molecule has 1 aromatic carbocycles. The highest BCUT2D eigenvalue weighted by Gasteiger charge is 2.40. The monoisotopic (exact) mass is 404 g/mol. The molecule has 0 saturated heterocycles. The van der Waals surface area contributed by atoms with Crippen molar-refractivity contribution in [2.75, 3.05) is 7.05 Å². The number of nitrogens with one attached hydrogen (secondary N) is 1. The number of halogens is 1. The van der Waals surface area contributed by atoms with Gasteiger partial charge in [-0.05, 0) is 45.0 Å². The highest BCUT2D eigenvalue weighted by atomic mass is 35.5. The number of benzene rings is 1. The van der Waals surface area contributed by atoms with Crippen molar-refractivity contribution in [2.45, 2.75) is 57.5 Å².